The summed E-state index contributed by atoms with van der Waals surface area (Å²) in [7, 11) is 0. The molecule has 0 aliphatic rings. The predicted molar refractivity (Wildman–Crippen MR) is 254 cm³/mol. The second-order valence-corrected chi connectivity index (χ2v) is 18.0. The Kier molecular flexibility index (Phi) is 50.7. The number of rotatable bonds is 51. The van der Waals surface area contributed by atoms with Crippen LogP contribution in [0.1, 0.15) is 257 Å². The molecule has 0 aliphatic heterocycles. The van der Waals surface area contributed by atoms with Crippen LogP contribution in [-0.2, 0) is 0 Å². The van der Waals surface area contributed by atoms with Gasteiger partial charge in [0.2, 0.25) is 0 Å². The lowest BCUT2D eigenvalue weighted by Crippen LogP contribution is -2.37. The third-order valence-corrected chi connectivity index (χ3v) is 12.4. The summed E-state index contributed by atoms with van der Waals surface area (Å²) in [4.78, 5) is 5.76. The SMILES string of the molecule is NCCCCCCCCCCCCN(CCCCCCCCCCCCN)CCN(CCCCCCCCCCCCN)CCCCCCCCCCCCN. The second-order valence-electron chi connectivity index (χ2n) is 18.0. The van der Waals surface area contributed by atoms with Crippen LogP contribution in [0.3, 0.4) is 0 Å². The smallest absolute Gasteiger partial charge is 0.0109 e. The first-order chi connectivity index (χ1) is 27.8. The molecule has 0 saturated carbocycles. The number of nitrogens with zero attached hydrogens (tertiary/aromatic N) is 2. The number of unbranched alkanes of at least 4 members (excludes halogenated alkanes) is 36. The van der Waals surface area contributed by atoms with E-state index in [1.54, 1.807) is 0 Å². The van der Waals surface area contributed by atoms with Gasteiger partial charge in [-0.3, -0.25) is 0 Å². The molecule has 0 rings (SSSR count). The maximum atomic E-state index is 5.66. The van der Waals surface area contributed by atoms with E-state index in [9.17, 15) is 0 Å². The molecule has 0 bridgehead atoms. The Labute approximate surface area is 354 Å². The quantitative estimate of drug-likeness (QED) is 0.0457. The fourth-order valence-corrected chi connectivity index (χ4v) is 8.53. The molecule has 0 aromatic carbocycles. The summed E-state index contributed by atoms with van der Waals surface area (Å²) in [6, 6.07) is 0. The molecule has 0 atom stereocenters. The fourth-order valence-electron chi connectivity index (χ4n) is 8.53. The Balaban J connectivity index is 4.72. The first-order valence-corrected chi connectivity index (χ1v) is 26.0. The molecule has 0 aromatic rings. The monoisotopic (exact) mass is 793 g/mol. The zero-order valence-electron chi connectivity index (χ0n) is 38.6. The number of hydrogen-bond donors (Lipinski definition) is 4. The first kappa shape index (κ1) is 55.8. The standard InChI is InChI=1S/C50H108N6/c51-41-33-25-17-9-1-5-13-21-29-37-45-55(46-38-30-22-14-6-2-10-18-26-34-42-52)49-50-56(47-39-31-23-15-7-3-11-19-27-35-43-53)48-40-32-24-16-8-4-12-20-28-36-44-54/h1-54H2. The summed E-state index contributed by atoms with van der Waals surface area (Å²) in [5.74, 6) is 0. The highest BCUT2D eigenvalue weighted by Crippen LogP contribution is 2.16. The highest BCUT2D eigenvalue weighted by Gasteiger charge is 2.10. The van der Waals surface area contributed by atoms with E-state index in [0.29, 0.717) is 0 Å². The van der Waals surface area contributed by atoms with Gasteiger partial charge in [0.1, 0.15) is 0 Å². The largest absolute Gasteiger partial charge is 0.330 e. The summed E-state index contributed by atoms with van der Waals surface area (Å²) in [6.45, 7) is 11.3. The lowest BCUT2D eigenvalue weighted by Gasteiger charge is -2.28. The Morgan fingerprint density at radius 2 is 0.268 bits per heavy atom. The molecule has 0 heterocycles. The van der Waals surface area contributed by atoms with Gasteiger partial charge in [0.05, 0.1) is 0 Å². The average molecular weight is 793 g/mol. The minimum atomic E-state index is 0.860. The van der Waals surface area contributed by atoms with Crippen molar-refractivity contribution < 1.29 is 0 Å². The van der Waals surface area contributed by atoms with E-state index >= 15 is 0 Å². The Morgan fingerprint density at radius 3 is 0.411 bits per heavy atom. The molecule has 6 heteroatoms. The van der Waals surface area contributed by atoms with Crippen molar-refractivity contribution in [1.29, 1.82) is 0 Å². The van der Waals surface area contributed by atoms with Gasteiger partial charge in [-0.15, -0.1) is 0 Å². The minimum Gasteiger partial charge on any atom is -0.330 e. The van der Waals surface area contributed by atoms with Gasteiger partial charge in [0.15, 0.2) is 0 Å². The molecule has 0 unspecified atom stereocenters. The summed E-state index contributed by atoms with van der Waals surface area (Å²) < 4.78 is 0. The molecule has 0 amide bonds. The maximum Gasteiger partial charge on any atom is 0.0109 e. The zero-order valence-corrected chi connectivity index (χ0v) is 38.6. The van der Waals surface area contributed by atoms with Crippen molar-refractivity contribution in [2.75, 3.05) is 65.4 Å². The van der Waals surface area contributed by atoms with Crippen molar-refractivity contribution in [2.24, 2.45) is 22.9 Å². The predicted octanol–water partition coefficient (Wildman–Crippen LogP) is 13.0. The third kappa shape index (κ3) is 46.4. The molecule has 56 heavy (non-hydrogen) atoms. The van der Waals surface area contributed by atoms with E-state index in [-0.39, 0.29) is 0 Å². The van der Waals surface area contributed by atoms with Gasteiger partial charge in [0.25, 0.3) is 0 Å². The van der Waals surface area contributed by atoms with Crippen molar-refractivity contribution in [3.8, 4) is 0 Å². The van der Waals surface area contributed by atoms with Crippen molar-refractivity contribution in [1.82, 2.24) is 9.80 Å². The lowest BCUT2D eigenvalue weighted by atomic mass is 10.1. The summed E-state index contributed by atoms with van der Waals surface area (Å²) >= 11 is 0. The highest BCUT2D eigenvalue weighted by molar-refractivity contribution is 4.66. The molecule has 0 fully saturated rings. The minimum absolute atomic E-state index is 0.860. The Bertz CT molecular complexity index is 570. The third-order valence-electron chi connectivity index (χ3n) is 12.4. The van der Waals surface area contributed by atoms with E-state index in [1.165, 1.54) is 296 Å². The molecule has 0 saturated heterocycles. The first-order valence-electron chi connectivity index (χ1n) is 26.0. The van der Waals surface area contributed by atoms with Gasteiger partial charge in [-0.25, -0.2) is 0 Å². The van der Waals surface area contributed by atoms with Crippen LogP contribution < -0.4 is 22.9 Å². The molecule has 338 valence electrons. The number of hydrogen-bond acceptors (Lipinski definition) is 6. The Morgan fingerprint density at radius 1 is 0.143 bits per heavy atom. The van der Waals surface area contributed by atoms with E-state index in [2.05, 4.69) is 9.80 Å². The molecule has 8 N–H and O–H groups in total. The van der Waals surface area contributed by atoms with Crippen LogP contribution in [-0.4, -0.2) is 75.2 Å². The van der Waals surface area contributed by atoms with Gasteiger partial charge in [-0.2, -0.15) is 0 Å². The van der Waals surface area contributed by atoms with Gasteiger partial charge < -0.3 is 32.7 Å². The lowest BCUT2D eigenvalue weighted by molar-refractivity contribution is 0.192. The normalized spacial score (nSPS) is 11.9. The van der Waals surface area contributed by atoms with Crippen molar-refractivity contribution in [2.45, 2.75) is 257 Å². The van der Waals surface area contributed by atoms with Gasteiger partial charge in [-0.1, -0.05) is 205 Å². The van der Waals surface area contributed by atoms with Crippen LogP contribution >= 0.6 is 0 Å². The molecule has 0 radical (unpaired) electrons. The van der Waals surface area contributed by atoms with Crippen molar-refractivity contribution in [3.05, 3.63) is 0 Å². The summed E-state index contributed by atoms with van der Waals surface area (Å²) in [5, 5.41) is 0. The van der Waals surface area contributed by atoms with Crippen LogP contribution in [0.5, 0.6) is 0 Å². The van der Waals surface area contributed by atoms with Gasteiger partial charge in [0, 0.05) is 13.1 Å². The molecular formula is C50H108N6. The van der Waals surface area contributed by atoms with Crippen LogP contribution in [0.15, 0.2) is 0 Å². The molecule has 6 nitrogen and oxygen atoms in total. The second kappa shape index (κ2) is 50.9. The van der Waals surface area contributed by atoms with Crippen LogP contribution in [0, 0.1) is 0 Å². The topological polar surface area (TPSA) is 111 Å². The van der Waals surface area contributed by atoms with Gasteiger partial charge >= 0.3 is 0 Å². The average Bonchev–Trinajstić information content (AvgIpc) is 3.21. The van der Waals surface area contributed by atoms with Gasteiger partial charge in [-0.05, 0) is 104 Å². The van der Waals surface area contributed by atoms with Crippen molar-refractivity contribution >= 4 is 0 Å². The fraction of sp³-hybridized carbons (Fsp3) is 1.00. The highest BCUT2D eigenvalue weighted by atomic mass is 15.2. The van der Waals surface area contributed by atoms with E-state index < -0.39 is 0 Å². The number of nitrogens with two attached hydrogens (primary N) is 4. The summed E-state index contributed by atoms with van der Waals surface area (Å²) in [6.07, 6.45) is 55.4. The molecule has 0 aliphatic carbocycles. The zero-order chi connectivity index (χ0) is 40.5. The van der Waals surface area contributed by atoms with Crippen molar-refractivity contribution in [3.63, 3.8) is 0 Å². The molecule has 0 spiro atoms. The van der Waals surface area contributed by atoms with Crippen LogP contribution in [0.2, 0.25) is 0 Å². The molecular weight excluding hydrogens is 685 g/mol. The maximum absolute atomic E-state index is 5.66. The van der Waals surface area contributed by atoms with Crippen LogP contribution in [0.25, 0.3) is 0 Å². The molecule has 0 aromatic heterocycles. The van der Waals surface area contributed by atoms with E-state index in [1.807, 2.05) is 0 Å². The van der Waals surface area contributed by atoms with E-state index in [4.69, 9.17) is 22.9 Å². The van der Waals surface area contributed by atoms with E-state index in [0.717, 1.165) is 26.2 Å². The summed E-state index contributed by atoms with van der Waals surface area (Å²) in [5.41, 5.74) is 22.6. The van der Waals surface area contributed by atoms with Crippen LogP contribution in [0.4, 0.5) is 0 Å². The Hall–Kier alpha value is -0.240.